The average molecular weight is 188 g/mol. The van der Waals surface area contributed by atoms with Gasteiger partial charge in [0.1, 0.15) is 0 Å². The molecule has 0 bridgehead atoms. The second kappa shape index (κ2) is 3.14. The second-order valence-corrected chi connectivity index (χ2v) is 3.31. The summed E-state index contributed by atoms with van der Waals surface area (Å²) in [6.45, 7) is 3.88. The Balaban J connectivity index is 2.47. The van der Waals surface area contributed by atoms with Crippen LogP contribution in [-0.2, 0) is 0 Å². The van der Waals surface area contributed by atoms with E-state index in [0.29, 0.717) is 5.69 Å². The first-order valence-corrected chi connectivity index (χ1v) is 4.41. The van der Waals surface area contributed by atoms with Crippen LogP contribution in [0.4, 0.5) is 5.69 Å². The Bertz CT molecular complexity index is 459. The largest absolute Gasteiger partial charge is 0.397 e. The number of nitrogens with two attached hydrogens (primary N) is 1. The van der Waals surface area contributed by atoms with Crippen LogP contribution in [0.3, 0.4) is 0 Å². The van der Waals surface area contributed by atoms with Crippen LogP contribution in [0.1, 0.15) is 11.3 Å². The first-order valence-electron chi connectivity index (χ1n) is 4.41. The second-order valence-electron chi connectivity index (χ2n) is 3.31. The van der Waals surface area contributed by atoms with Gasteiger partial charge in [0.25, 0.3) is 0 Å². The maximum absolute atomic E-state index is 5.68. The van der Waals surface area contributed by atoms with Crippen molar-refractivity contribution in [2.24, 2.45) is 0 Å². The van der Waals surface area contributed by atoms with E-state index in [-0.39, 0.29) is 0 Å². The van der Waals surface area contributed by atoms with Crippen LogP contribution in [0, 0.1) is 13.8 Å². The zero-order valence-electron chi connectivity index (χ0n) is 8.23. The maximum atomic E-state index is 5.68. The lowest BCUT2D eigenvalue weighted by molar-refractivity contribution is 0.841. The highest BCUT2D eigenvalue weighted by Crippen LogP contribution is 2.11. The molecule has 0 atom stereocenters. The molecule has 0 saturated carbocycles. The minimum Gasteiger partial charge on any atom is -0.397 e. The highest BCUT2D eigenvalue weighted by Gasteiger charge is 2.01. The van der Waals surface area contributed by atoms with E-state index >= 15 is 0 Å². The van der Waals surface area contributed by atoms with Crippen LogP contribution in [0.5, 0.6) is 0 Å². The third-order valence-corrected chi connectivity index (χ3v) is 2.06. The van der Waals surface area contributed by atoms with E-state index in [4.69, 9.17) is 5.73 Å². The van der Waals surface area contributed by atoms with Gasteiger partial charge < -0.3 is 5.73 Å². The fraction of sp³-hybridized carbons (Fsp3) is 0.200. The van der Waals surface area contributed by atoms with Gasteiger partial charge in [0.05, 0.1) is 17.6 Å². The molecule has 0 aromatic carbocycles. The lowest BCUT2D eigenvalue weighted by atomic mass is 10.3. The number of nitrogens with zero attached hydrogens (tertiary/aromatic N) is 3. The molecular weight excluding hydrogens is 176 g/mol. The average Bonchev–Trinajstić information content (AvgIpc) is 2.57. The zero-order valence-corrected chi connectivity index (χ0v) is 8.23. The van der Waals surface area contributed by atoms with Crippen molar-refractivity contribution in [3.05, 3.63) is 35.8 Å². The Kier molecular flexibility index (Phi) is 1.96. The molecule has 2 rings (SSSR count). The van der Waals surface area contributed by atoms with E-state index in [1.807, 2.05) is 32.2 Å². The quantitative estimate of drug-likeness (QED) is 0.737. The van der Waals surface area contributed by atoms with E-state index in [9.17, 15) is 0 Å². The van der Waals surface area contributed by atoms with Gasteiger partial charge in [0.15, 0.2) is 5.82 Å². The smallest absolute Gasteiger partial charge is 0.153 e. The van der Waals surface area contributed by atoms with Crippen molar-refractivity contribution < 1.29 is 0 Å². The normalized spacial score (nSPS) is 10.4. The summed E-state index contributed by atoms with van der Waals surface area (Å²) in [5.74, 6) is 0.796. The molecule has 0 amide bonds. The zero-order chi connectivity index (χ0) is 10.1. The number of pyridine rings is 1. The van der Waals surface area contributed by atoms with Gasteiger partial charge in [-0.25, -0.2) is 9.67 Å². The SMILES string of the molecule is Cc1cnn(-c2ccc(N)c(C)n2)c1. The molecule has 0 aliphatic heterocycles. The van der Waals surface area contributed by atoms with Crippen molar-refractivity contribution in [1.82, 2.24) is 14.8 Å². The number of hydrogen-bond donors (Lipinski definition) is 1. The van der Waals surface area contributed by atoms with Crippen LogP contribution in [-0.4, -0.2) is 14.8 Å². The van der Waals surface area contributed by atoms with Gasteiger partial charge in [-0.1, -0.05) is 0 Å². The van der Waals surface area contributed by atoms with Crippen LogP contribution >= 0.6 is 0 Å². The summed E-state index contributed by atoms with van der Waals surface area (Å²) in [6, 6.07) is 3.70. The number of aryl methyl sites for hydroxylation is 2. The molecule has 0 saturated heterocycles. The molecule has 0 radical (unpaired) electrons. The molecule has 72 valence electrons. The maximum Gasteiger partial charge on any atom is 0.153 e. The fourth-order valence-corrected chi connectivity index (χ4v) is 1.22. The molecule has 2 N–H and O–H groups in total. The first-order chi connectivity index (χ1) is 6.66. The molecule has 14 heavy (non-hydrogen) atoms. The Labute approximate surface area is 82.4 Å². The van der Waals surface area contributed by atoms with Crippen molar-refractivity contribution in [2.45, 2.75) is 13.8 Å². The molecule has 0 aliphatic carbocycles. The van der Waals surface area contributed by atoms with Crippen LogP contribution in [0.15, 0.2) is 24.5 Å². The molecular formula is C10H12N4. The highest BCUT2D eigenvalue weighted by molar-refractivity contribution is 5.45. The van der Waals surface area contributed by atoms with Gasteiger partial charge in [0.2, 0.25) is 0 Å². The van der Waals surface area contributed by atoms with Gasteiger partial charge >= 0.3 is 0 Å². The lowest BCUT2D eigenvalue weighted by Gasteiger charge is -2.03. The molecule has 0 unspecified atom stereocenters. The van der Waals surface area contributed by atoms with Crippen molar-refractivity contribution in [2.75, 3.05) is 5.73 Å². The van der Waals surface area contributed by atoms with Gasteiger partial charge in [-0.05, 0) is 31.5 Å². The molecule has 2 aromatic rings. The topological polar surface area (TPSA) is 56.7 Å². The van der Waals surface area contributed by atoms with Crippen LogP contribution < -0.4 is 5.73 Å². The lowest BCUT2D eigenvalue weighted by Crippen LogP contribution is -2.01. The monoisotopic (exact) mass is 188 g/mol. The number of anilines is 1. The summed E-state index contributed by atoms with van der Waals surface area (Å²) in [5, 5.41) is 4.17. The summed E-state index contributed by atoms with van der Waals surface area (Å²) in [7, 11) is 0. The first kappa shape index (κ1) is 8.74. The molecule has 0 aliphatic rings. The summed E-state index contributed by atoms with van der Waals surface area (Å²) < 4.78 is 1.74. The van der Waals surface area contributed by atoms with E-state index in [1.54, 1.807) is 10.9 Å². The summed E-state index contributed by atoms with van der Waals surface area (Å²) >= 11 is 0. The van der Waals surface area contributed by atoms with Crippen molar-refractivity contribution in [1.29, 1.82) is 0 Å². The van der Waals surface area contributed by atoms with Gasteiger partial charge in [-0.15, -0.1) is 0 Å². The number of nitrogen functional groups attached to an aromatic ring is 1. The predicted molar refractivity (Wildman–Crippen MR) is 55.2 cm³/mol. The van der Waals surface area contributed by atoms with Crippen molar-refractivity contribution in [3.63, 3.8) is 0 Å². The summed E-state index contributed by atoms with van der Waals surface area (Å²) in [5.41, 5.74) is 8.33. The number of hydrogen-bond acceptors (Lipinski definition) is 3. The molecule has 0 spiro atoms. The standard InChI is InChI=1S/C10H12N4/c1-7-5-12-14(6-7)10-4-3-9(11)8(2)13-10/h3-6H,11H2,1-2H3. The predicted octanol–water partition coefficient (Wildman–Crippen LogP) is 1.47. The number of aromatic nitrogens is 3. The third kappa shape index (κ3) is 1.46. The minimum atomic E-state index is 0.706. The van der Waals surface area contributed by atoms with Gasteiger partial charge in [-0.3, -0.25) is 0 Å². The Morgan fingerprint density at radius 3 is 2.64 bits per heavy atom. The van der Waals surface area contributed by atoms with E-state index in [0.717, 1.165) is 17.1 Å². The van der Waals surface area contributed by atoms with Crippen molar-refractivity contribution in [3.8, 4) is 5.82 Å². The van der Waals surface area contributed by atoms with E-state index in [2.05, 4.69) is 10.1 Å². The fourth-order valence-electron chi connectivity index (χ4n) is 1.22. The summed E-state index contributed by atoms with van der Waals surface area (Å²) in [4.78, 5) is 4.33. The van der Waals surface area contributed by atoms with Gasteiger partial charge in [-0.2, -0.15) is 5.10 Å². The van der Waals surface area contributed by atoms with Crippen LogP contribution in [0.2, 0.25) is 0 Å². The Morgan fingerprint density at radius 1 is 1.29 bits per heavy atom. The van der Waals surface area contributed by atoms with E-state index in [1.165, 1.54) is 0 Å². The molecule has 2 aromatic heterocycles. The third-order valence-electron chi connectivity index (χ3n) is 2.06. The number of rotatable bonds is 1. The molecule has 0 fully saturated rings. The van der Waals surface area contributed by atoms with E-state index < -0.39 is 0 Å². The molecule has 4 nitrogen and oxygen atoms in total. The molecule has 4 heteroatoms. The Hall–Kier alpha value is -1.84. The minimum absolute atomic E-state index is 0.706. The highest BCUT2D eigenvalue weighted by atomic mass is 15.3. The van der Waals surface area contributed by atoms with Crippen molar-refractivity contribution >= 4 is 5.69 Å². The van der Waals surface area contributed by atoms with Crippen LogP contribution in [0.25, 0.3) is 5.82 Å². The summed E-state index contributed by atoms with van der Waals surface area (Å²) in [6.07, 6.45) is 3.73. The Morgan fingerprint density at radius 2 is 2.07 bits per heavy atom. The molecule has 2 heterocycles. The van der Waals surface area contributed by atoms with Gasteiger partial charge in [0, 0.05) is 6.20 Å².